The Labute approximate surface area is 134 Å². The summed E-state index contributed by atoms with van der Waals surface area (Å²) in [6.07, 6.45) is 8.52. The van der Waals surface area contributed by atoms with Gasteiger partial charge in [-0.1, -0.05) is 39.0 Å². The second-order valence-electron chi connectivity index (χ2n) is 5.98. The predicted molar refractivity (Wildman–Crippen MR) is 86.3 cm³/mol. The van der Waals surface area contributed by atoms with E-state index in [2.05, 4.69) is 21.2 Å². The van der Waals surface area contributed by atoms with Gasteiger partial charge in [0.1, 0.15) is 11.6 Å². The molecule has 1 aromatic carbocycles. The van der Waals surface area contributed by atoms with Crippen molar-refractivity contribution in [1.82, 2.24) is 5.32 Å². The second kappa shape index (κ2) is 8.23. The van der Waals surface area contributed by atoms with Gasteiger partial charge < -0.3 is 5.32 Å². The van der Waals surface area contributed by atoms with Crippen LogP contribution in [-0.4, -0.2) is 6.54 Å². The van der Waals surface area contributed by atoms with Gasteiger partial charge in [0.2, 0.25) is 0 Å². The summed E-state index contributed by atoms with van der Waals surface area (Å²) < 4.78 is 28.0. The molecule has 0 spiro atoms. The Bertz CT molecular complexity index is 458. The minimum Gasteiger partial charge on any atom is -0.310 e. The molecule has 1 aliphatic carbocycles. The quantitative estimate of drug-likeness (QED) is 0.638. The molecule has 0 radical (unpaired) electrons. The van der Waals surface area contributed by atoms with E-state index in [0.29, 0.717) is 5.56 Å². The van der Waals surface area contributed by atoms with Gasteiger partial charge in [-0.15, -0.1) is 0 Å². The molecule has 0 heterocycles. The highest BCUT2D eigenvalue weighted by Crippen LogP contribution is 2.32. The van der Waals surface area contributed by atoms with Crippen LogP contribution in [0.5, 0.6) is 0 Å². The summed E-state index contributed by atoms with van der Waals surface area (Å²) in [5, 5.41) is 3.30. The van der Waals surface area contributed by atoms with E-state index < -0.39 is 5.82 Å². The van der Waals surface area contributed by atoms with Crippen LogP contribution in [-0.2, 0) is 0 Å². The van der Waals surface area contributed by atoms with E-state index in [1.54, 1.807) is 0 Å². The van der Waals surface area contributed by atoms with Crippen LogP contribution in [0, 0.1) is 17.6 Å². The standard InChI is InChI=1S/C17H24BrF2N/c1-2-21-17(9-8-12-6-4-3-5-7-12)13-10-16(20)14(18)11-15(13)19/h10-12,17,21H,2-9H2,1H3. The Morgan fingerprint density at radius 2 is 1.90 bits per heavy atom. The molecule has 1 aliphatic rings. The molecule has 1 atom stereocenters. The molecule has 1 saturated carbocycles. The van der Waals surface area contributed by atoms with E-state index >= 15 is 0 Å². The fraction of sp³-hybridized carbons (Fsp3) is 0.647. The summed E-state index contributed by atoms with van der Waals surface area (Å²) in [5.41, 5.74) is 0.452. The second-order valence-corrected chi connectivity index (χ2v) is 6.83. The Morgan fingerprint density at radius 1 is 1.19 bits per heavy atom. The lowest BCUT2D eigenvalue weighted by Gasteiger charge is -2.25. The molecule has 1 unspecified atom stereocenters. The molecule has 0 aliphatic heterocycles. The van der Waals surface area contributed by atoms with Gasteiger partial charge in [-0.05, 0) is 53.4 Å². The number of nitrogens with one attached hydrogen (secondary N) is 1. The number of rotatable bonds is 6. The van der Waals surface area contributed by atoms with Crippen molar-refractivity contribution in [2.45, 2.75) is 57.9 Å². The molecule has 1 aromatic rings. The topological polar surface area (TPSA) is 12.0 Å². The third-order valence-corrected chi connectivity index (χ3v) is 5.06. The number of halogens is 3. The van der Waals surface area contributed by atoms with Gasteiger partial charge in [-0.25, -0.2) is 8.78 Å². The van der Waals surface area contributed by atoms with Crippen LogP contribution in [0.15, 0.2) is 16.6 Å². The van der Waals surface area contributed by atoms with E-state index in [1.165, 1.54) is 44.2 Å². The van der Waals surface area contributed by atoms with Gasteiger partial charge in [0.25, 0.3) is 0 Å². The minimum absolute atomic E-state index is 0.0977. The highest BCUT2D eigenvalue weighted by Gasteiger charge is 2.20. The van der Waals surface area contributed by atoms with E-state index in [0.717, 1.165) is 25.3 Å². The monoisotopic (exact) mass is 359 g/mol. The molecule has 2 rings (SSSR count). The molecular weight excluding hydrogens is 336 g/mol. The Hall–Kier alpha value is -0.480. The van der Waals surface area contributed by atoms with Gasteiger partial charge in [0.05, 0.1) is 4.47 Å². The minimum atomic E-state index is -0.396. The van der Waals surface area contributed by atoms with Gasteiger partial charge >= 0.3 is 0 Å². The first-order valence-corrected chi connectivity index (χ1v) is 8.79. The van der Waals surface area contributed by atoms with E-state index in [1.807, 2.05) is 6.92 Å². The van der Waals surface area contributed by atoms with Gasteiger partial charge in [-0.3, -0.25) is 0 Å². The lowest BCUT2D eigenvalue weighted by Crippen LogP contribution is -2.23. The summed E-state index contributed by atoms with van der Waals surface area (Å²) in [7, 11) is 0. The number of hydrogen-bond donors (Lipinski definition) is 1. The van der Waals surface area contributed by atoms with Gasteiger partial charge in [-0.2, -0.15) is 0 Å². The number of hydrogen-bond acceptors (Lipinski definition) is 1. The van der Waals surface area contributed by atoms with Crippen LogP contribution < -0.4 is 5.32 Å². The van der Waals surface area contributed by atoms with Crippen molar-refractivity contribution in [3.05, 3.63) is 33.8 Å². The largest absolute Gasteiger partial charge is 0.310 e. The van der Waals surface area contributed by atoms with Crippen LogP contribution in [0.3, 0.4) is 0 Å². The summed E-state index contributed by atoms with van der Waals surface area (Å²) in [5.74, 6) is 0.0214. The SMILES string of the molecule is CCNC(CCC1CCCCC1)c1cc(F)c(Br)cc1F. The lowest BCUT2D eigenvalue weighted by atomic mass is 9.84. The number of benzene rings is 1. The Kier molecular flexibility index (Phi) is 6.62. The van der Waals surface area contributed by atoms with Crippen molar-refractivity contribution < 1.29 is 8.78 Å². The van der Waals surface area contributed by atoms with Crippen LogP contribution >= 0.6 is 15.9 Å². The van der Waals surface area contributed by atoms with Crippen LogP contribution in [0.25, 0.3) is 0 Å². The van der Waals surface area contributed by atoms with Crippen molar-refractivity contribution in [2.24, 2.45) is 5.92 Å². The molecule has 4 heteroatoms. The van der Waals surface area contributed by atoms with Gasteiger partial charge in [0.15, 0.2) is 0 Å². The summed E-state index contributed by atoms with van der Waals surface area (Å²) in [6.45, 7) is 2.76. The Morgan fingerprint density at radius 3 is 2.57 bits per heavy atom. The first-order chi connectivity index (χ1) is 10.1. The molecular formula is C17H24BrF2N. The molecule has 118 valence electrons. The zero-order valence-corrected chi connectivity index (χ0v) is 14.2. The zero-order chi connectivity index (χ0) is 15.2. The fourth-order valence-electron chi connectivity index (χ4n) is 3.30. The smallest absolute Gasteiger partial charge is 0.137 e. The normalized spacial score (nSPS) is 17.9. The predicted octanol–water partition coefficient (Wildman–Crippen LogP) is 5.74. The molecule has 1 N–H and O–H groups in total. The molecule has 21 heavy (non-hydrogen) atoms. The molecule has 1 nitrogen and oxygen atoms in total. The average molecular weight is 360 g/mol. The van der Waals surface area contributed by atoms with E-state index in [9.17, 15) is 8.78 Å². The first kappa shape index (κ1) is 16.9. The van der Waals surface area contributed by atoms with E-state index in [4.69, 9.17) is 0 Å². The van der Waals surface area contributed by atoms with Crippen molar-refractivity contribution in [1.29, 1.82) is 0 Å². The van der Waals surface area contributed by atoms with Crippen LogP contribution in [0.4, 0.5) is 8.78 Å². The maximum Gasteiger partial charge on any atom is 0.137 e. The average Bonchev–Trinajstić information content (AvgIpc) is 2.48. The highest BCUT2D eigenvalue weighted by atomic mass is 79.9. The van der Waals surface area contributed by atoms with Crippen molar-refractivity contribution in [2.75, 3.05) is 6.54 Å². The Balaban J connectivity index is 2.05. The van der Waals surface area contributed by atoms with Crippen LogP contribution in [0.2, 0.25) is 0 Å². The van der Waals surface area contributed by atoms with Crippen LogP contribution in [0.1, 0.15) is 63.5 Å². The molecule has 1 fully saturated rings. The molecule has 0 amide bonds. The fourth-order valence-corrected chi connectivity index (χ4v) is 3.61. The van der Waals surface area contributed by atoms with Gasteiger partial charge in [0, 0.05) is 11.6 Å². The first-order valence-electron chi connectivity index (χ1n) is 7.99. The maximum atomic E-state index is 14.1. The maximum absolute atomic E-state index is 14.1. The lowest BCUT2D eigenvalue weighted by molar-refractivity contribution is 0.313. The third kappa shape index (κ3) is 4.75. The summed E-state index contributed by atoms with van der Waals surface area (Å²) in [4.78, 5) is 0. The highest BCUT2D eigenvalue weighted by molar-refractivity contribution is 9.10. The summed E-state index contributed by atoms with van der Waals surface area (Å²) >= 11 is 3.03. The molecule has 0 bridgehead atoms. The van der Waals surface area contributed by atoms with Crippen molar-refractivity contribution >= 4 is 15.9 Å². The third-order valence-electron chi connectivity index (χ3n) is 4.45. The van der Waals surface area contributed by atoms with E-state index in [-0.39, 0.29) is 16.3 Å². The zero-order valence-electron chi connectivity index (χ0n) is 12.6. The molecule has 0 aromatic heterocycles. The van der Waals surface area contributed by atoms with Crippen molar-refractivity contribution in [3.63, 3.8) is 0 Å². The molecule has 0 saturated heterocycles. The van der Waals surface area contributed by atoms with Crippen molar-refractivity contribution in [3.8, 4) is 0 Å². The summed E-state index contributed by atoms with van der Waals surface area (Å²) in [6, 6.07) is 2.46.